The first-order valence-electron chi connectivity index (χ1n) is 6.45. The van der Waals surface area contributed by atoms with Gasteiger partial charge < -0.3 is 0 Å². The predicted octanol–water partition coefficient (Wildman–Crippen LogP) is 5.18. The maximum atomic E-state index is 11.9. The van der Waals surface area contributed by atoms with Crippen LogP contribution in [-0.4, -0.2) is 10.9 Å². The van der Waals surface area contributed by atoms with E-state index in [4.69, 9.17) is 11.6 Å². The minimum atomic E-state index is -0.206. The van der Waals surface area contributed by atoms with Crippen molar-refractivity contribution in [3.05, 3.63) is 63.8 Å². The molecule has 6 heteroatoms. The Bertz CT molecular complexity index is 792. The van der Waals surface area contributed by atoms with Gasteiger partial charge in [-0.2, -0.15) is 0 Å². The van der Waals surface area contributed by atoms with Crippen molar-refractivity contribution < 1.29 is 4.79 Å². The minimum Gasteiger partial charge on any atom is -0.298 e. The average molecular weight is 347 g/mol. The summed E-state index contributed by atoms with van der Waals surface area (Å²) in [6.45, 7) is 0. The fraction of sp³-hybridized carbons (Fsp3) is 0. The molecule has 0 spiro atoms. The lowest BCUT2D eigenvalue weighted by Gasteiger charge is -1.96. The van der Waals surface area contributed by atoms with E-state index in [1.165, 1.54) is 17.4 Å². The lowest BCUT2D eigenvalue weighted by atomic mass is 10.2. The number of aromatic nitrogens is 1. The number of anilines is 1. The third-order valence-electron chi connectivity index (χ3n) is 2.81. The lowest BCUT2D eigenvalue weighted by molar-refractivity contribution is -0.111. The van der Waals surface area contributed by atoms with E-state index in [1.54, 1.807) is 29.5 Å². The van der Waals surface area contributed by atoms with Gasteiger partial charge in [-0.1, -0.05) is 29.8 Å². The van der Waals surface area contributed by atoms with Gasteiger partial charge in [-0.3, -0.25) is 10.1 Å². The zero-order chi connectivity index (χ0) is 15.4. The number of carbonyl (C=O) groups is 1. The minimum absolute atomic E-state index is 0.206. The van der Waals surface area contributed by atoms with Crippen LogP contribution in [0.2, 0.25) is 5.02 Å². The molecule has 2 aromatic heterocycles. The lowest BCUT2D eigenvalue weighted by Crippen LogP contribution is -2.07. The molecule has 0 saturated heterocycles. The van der Waals surface area contributed by atoms with E-state index in [1.807, 2.05) is 35.0 Å². The van der Waals surface area contributed by atoms with Gasteiger partial charge in [-0.15, -0.1) is 22.7 Å². The summed E-state index contributed by atoms with van der Waals surface area (Å²) in [7, 11) is 0. The number of amides is 1. The van der Waals surface area contributed by atoms with Gasteiger partial charge >= 0.3 is 0 Å². The Labute approximate surface area is 140 Å². The van der Waals surface area contributed by atoms with Crippen LogP contribution in [0.5, 0.6) is 0 Å². The van der Waals surface area contributed by atoms with E-state index in [0.29, 0.717) is 10.2 Å². The number of nitrogens with one attached hydrogen (secondary N) is 1. The van der Waals surface area contributed by atoms with Crippen molar-refractivity contribution in [2.24, 2.45) is 0 Å². The van der Waals surface area contributed by atoms with Crippen LogP contribution in [0.25, 0.3) is 16.6 Å². The smallest absolute Gasteiger partial charge is 0.250 e. The molecule has 0 fully saturated rings. The second kappa shape index (κ2) is 6.87. The zero-order valence-corrected chi connectivity index (χ0v) is 13.7. The highest BCUT2D eigenvalue weighted by Gasteiger charge is 2.06. The van der Waals surface area contributed by atoms with E-state index in [0.717, 1.165) is 16.1 Å². The molecule has 1 amide bonds. The Morgan fingerprint density at radius 2 is 2.00 bits per heavy atom. The van der Waals surface area contributed by atoms with Crippen molar-refractivity contribution in [2.75, 3.05) is 5.32 Å². The number of hydrogen-bond donors (Lipinski definition) is 1. The summed E-state index contributed by atoms with van der Waals surface area (Å²) in [5, 5.41) is 7.97. The number of nitrogens with zero attached hydrogens (tertiary/aromatic N) is 1. The first-order valence-corrected chi connectivity index (χ1v) is 8.58. The van der Waals surface area contributed by atoms with Crippen LogP contribution in [0, 0.1) is 0 Å². The normalized spacial score (nSPS) is 11.0. The third kappa shape index (κ3) is 3.82. The average Bonchev–Trinajstić information content (AvgIpc) is 3.17. The van der Waals surface area contributed by atoms with Crippen LogP contribution in [0.15, 0.2) is 53.2 Å². The molecule has 2 heterocycles. The van der Waals surface area contributed by atoms with Crippen molar-refractivity contribution in [3.63, 3.8) is 0 Å². The summed E-state index contributed by atoms with van der Waals surface area (Å²) in [6, 6.07) is 11.3. The van der Waals surface area contributed by atoms with Crippen LogP contribution < -0.4 is 5.32 Å². The van der Waals surface area contributed by atoms with Crippen LogP contribution in [-0.2, 0) is 4.79 Å². The number of thiophene rings is 1. The van der Waals surface area contributed by atoms with Gasteiger partial charge in [-0.05, 0) is 35.2 Å². The number of rotatable bonds is 4. The van der Waals surface area contributed by atoms with Crippen molar-refractivity contribution in [1.82, 2.24) is 4.98 Å². The Balaban J connectivity index is 1.63. The maximum absolute atomic E-state index is 11.9. The Morgan fingerprint density at radius 3 is 2.73 bits per heavy atom. The summed E-state index contributed by atoms with van der Waals surface area (Å²) >= 11 is 8.85. The first kappa shape index (κ1) is 15.0. The molecule has 3 nitrogen and oxygen atoms in total. The van der Waals surface area contributed by atoms with Crippen LogP contribution in [0.3, 0.4) is 0 Å². The highest BCUT2D eigenvalue weighted by molar-refractivity contribution is 7.16. The monoisotopic (exact) mass is 346 g/mol. The standard InChI is InChI=1S/C16H11ClN2OS2/c17-12-6-3-11(4-7-12)5-8-15(20)19-16-18-13(10-22-16)14-2-1-9-21-14/h1-10H,(H,18,19,20). The first-order chi connectivity index (χ1) is 10.7. The number of hydrogen-bond acceptors (Lipinski definition) is 4. The maximum Gasteiger partial charge on any atom is 0.250 e. The predicted molar refractivity (Wildman–Crippen MR) is 94.5 cm³/mol. The van der Waals surface area contributed by atoms with Crippen LogP contribution >= 0.6 is 34.3 Å². The van der Waals surface area contributed by atoms with E-state index < -0.39 is 0 Å². The molecular formula is C16H11ClN2OS2. The highest BCUT2D eigenvalue weighted by atomic mass is 35.5. The highest BCUT2D eigenvalue weighted by Crippen LogP contribution is 2.28. The number of carbonyl (C=O) groups excluding carboxylic acids is 1. The molecule has 0 bridgehead atoms. The molecule has 0 saturated carbocycles. The molecule has 0 radical (unpaired) electrons. The Kier molecular flexibility index (Phi) is 4.68. The molecule has 22 heavy (non-hydrogen) atoms. The van der Waals surface area contributed by atoms with Crippen molar-refractivity contribution in [1.29, 1.82) is 0 Å². The summed E-state index contributed by atoms with van der Waals surface area (Å²) < 4.78 is 0. The molecule has 1 N–H and O–H groups in total. The number of halogens is 1. The number of thiazole rings is 1. The Hall–Kier alpha value is -1.95. The van der Waals surface area contributed by atoms with Gasteiger partial charge in [0.25, 0.3) is 0 Å². The quantitative estimate of drug-likeness (QED) is 0.661. The van der Waals surface area contributed by atoms with Gasteiger partial charge in [0.05, 0.1) is 10.6 Å². The second-order valence-corrected chi connectivity index (χ2v) is 6.63. The second-order valence-electron chi connectivity index (χ2n) is 4.39. The zero-order valence-electron chi connectivity index (χ0n) is 11.3. The van der Waals surface area contributed by atoms with E-state index in [9.17, 15) is 4.79 Å². The molecule has 0 aliphatic carbocycles. The molecule has 3 rings (SSSR count). The summed E-state index contributed by atoms with van der Waals surface area (Å²) in [5.41, 5.74) is 1.80. The summed E-state index contributed by atoms with van der Waals surface area (Å²) in [4.78, 5) is 17.4. The van der Waals surface area contributed by atoms with Gasteiger partial charge in [0.2, 0.25) is 5.91 Å². The summed E-state index contributed by atoms with van der Waals surface area (Å²) in [6.07, 6.45) is 3.22. The van der Waals surface area contributed by atoms with Gasteiger partial charge in [-0.25, -0.2) is 4.98 Å². The molecule has 0 atom stereocenters. The SMILES string of the molecule is O=C(C=Cc1ccc(Cl)cc1)Nc1nc(-c2cccs2)cs1. The van der Waals surface area contributed by atoms with Crippen LogP contribution in [0.4, 0.5) is 5.13 Å². The molecule has 0 aliphatic rings. The molecule has 110 valence electrons. The topological polar surface area (TPSA) is 42.0 Å². The molecule has 0 unspecified atom stereocenters. The summed E-state index contributed by atoms with van der Waals surface area (Å²) in [5.74, 6) is -0.206. The van der Waals surface area contributed by atoms with Crippen molar-refractivity contribution in [2.45, 2.75) is 0 Å². The molecule has 1 aromatic carbocycles. The van der Waals surface area contributed by atoms with E-state index in [2.05, 4.69) is 10.3 Å². The fourth-order valence-corrected chi connectivity index (χ4v) is 3.36. The molecule has 0 aliphatic heterocycles. The van der Waals surface area contributed by atoms with Crippen molar-refractivity contribution >= 4 is 51.4 Å². The van der Waals surface area contributed by atoms with Gasteiger partial charge in [0.15, 0.2) is 5.13 Å². The largest absolute Gasteiger partial charge is 0.298 e. The fourth-order valence-electron chi connectivity index (χ4n) is 1.76. The van der Waals surface area contributed by atoms with Gasteiger partial charge in [0, 0.05) is 16.5 Å². The van der Waals surface area contributed by atoms with Crippen LogP contribution in [0.1, 0.15) is 5.56 Å². The number of benzene rings is 1. The molecular weight excluding hydrogens is 336 g/mol. The third-order valence-corrected chi connectivity index (χ3v) is 4.71. The molecule has 3 aromatic rings. The Morgan fingerprint density at radius 1 is 1.18 bits per heavy atom. The van der Waals surface area contributed by atoms with E-state index in [-0.39, 0.29) is 5.91 Å². The van der Waals surface area contributed by atoms with E-state index >= 15 is 0 Å². The van der Waals surface area contributed by atoms with Gasteiger partial charge in [0.1, 0.15) is 0 Å². The van der Waals surface area contributed by atoms with Crippen molar-refractivity contribution in [3.8, 4) is 10.6 Å².